The zero-order valence-electron chi connectivity index (χ0n) is 25.5. The molecule has 0 bridgehead atoms. The lowest BCUT2D eigenvalue weighted by molar-refractivity contribution is -0.143. The molecule has 1 saturated carbocycles. The Kier molecular flexibility index (Phi) is 9.99. The van der Waals surface area contributed by atoms with Gasteiger partial charge in [0.15, 0.2) is 5.82 Å². The first-order valence-corrected chi connectivity index (χ1v) is 16.0. The lowest BCUT2D eigenvalue weighted by Crippen LogP contribution is -2.36. The van der Waals surface area contributed by atoms with E-state index in [1.165, 1.54) is 23.2 Å². The highest BCUT2D eigenvalue weighted by molar-refractivity contribution is 7.13. The molecular weight excluding hydrogens is 652 g/mol. The first-order chi connectivity index (χ1) is 22.1. The standard InChI is InChI=1S/C31H33F6N5O4S/c1-3-41(15-19-6-4-18(5-7-19)10-25(43)44)27-24(40-23(14-39-27)28-38-8-9-47-28)16-42-17(2)26(46-29(42)45)20-11-21(30(32,33)34)13-22(12-20)31(35,36)37/h8-9,11-14,17-19,26H,3-7,10,15-16H2,1-2H3,(H,43,44)/t17-,18?,19?,26-/m0/s1. The lowest BCUT2D eigenvalue weighted by Gasteiger charge is -2.33. The summed E-state index contributed by atoms with van der Waals surface area (Å²) < 4.78 is 86.8. The number of hydrogen-bond acceptors (Lipinski definition) is 8. The highest BCUT2D eigenvalue weighted by Gasteiger charge is 2.44. The third-order valence-electron chi connectivity index (χ3n) is 8.71. The number of carboxylic acids is 1. The number of nitrogens with zero attached hydrogens (tertiary/aromatic N) is 5. The summed E-state index contributed by atoms with van der Waals surface area (Å²) in [6.07, 6.45) is -5.87. The molecule has 3 aromatic rings. The predicted octanol–water partition coefficient (Wildman–Crippen LogP) is 7.83. The summed E-state index contributed by atoms with van der Waals surface area (Å²) in [5.41, 5.74) is -2.61. The molecule has 1 saturated heterocycles. The molecule has 1 amide bonds. The topological polar surface area (TPSA) is 109 Å². The van der Waals surface area contributed by atoms with Crippen LogP contribution >= 0.6 is 11.3 Å². The van der Waals surface area contributed by atoms with Gasteiger partial charge in [-0.2, -0.15) is 26.3 Å². The molecule has 2 aromatic heterocycles. The number of ether oxygens (including phenoxy) is 1. The number of benzene rings is 1. The third kappa shape index (κ3) is 7.96. The van der Waals surface area contributed by atoms with E-state index in [0.29, 0.717) is 47.4 Å². The molecule has 9 nitrogen and oxygen atoms in total. The van der Waals surface area contributed by atoms with Gasteiger partial charge in [0.1, 0.15) is 22.5 Å². The average molecular weight is 686 g/mol. The van der Waals surface area contributed by atoms with Gasteiger partial charge in [0.2, 0.25) is 0 Å². The minimum atomic E-state index is -5.05. The Bertz CT molecular complexity index is 1550. The maximum atomic E-state index is 13.6. The number of carbonyl (C=O) groups is 2. The fourth-order valence-electron chi connectivity index (χ4n) is 6.25. The number of cyclic esters (lactones) is 1. The molecule has 2 atom stereocenters. The van der Waals surface area contributed by atoms with Crippen molar-refractivity contribution in [3.63, 3.8) is 0 Å². The maximum Gasteiger partial charge on any atom is 0.416 e. The van der Waals surface area contributed by atoms with Crippen molar-refractivity contribution in [3.05, 3.63) is 58.4 Å². The molecule has 1 aromatic carbocycles. The van der Waals surface area contributed by atoms with E-state index in [4.69, 9.17) is 19.8 Å². The van der Waals surface area contributed by atoms with Crippen LogP contribution in [0, 0.1) is 11.8 Å². The van der Waals surface area contributed by atoms with E-state index < -0.39 is 53.3 Å². The molecule has 0 radical (unpaired) electrons. The molecule has 2 aliphatic rings. The van der Waals surface area contributed by atoms with Gasteiger partial charge in [-0.15, -0.1) is 11.3 Å². The molecule has 47 heavy (non-hydrogen) atoms. The van der Waals surface area contributed by atoms with Gasteiger partial charge < -0.3 is 14.7 Å². The van der Waals surface area contributed by atoms with Crippen molar-refractivity contribution in [2.75, 3.05) is 18.0 Å². The van der Waals surface area contributed by atoms with Crippen molar-refractivity contribution in [1.29, 1.82) is 0 Å². The van der Waals surface area contributed by atoms with Crippen molar-refractivity contribution in [2.45, 2.75) is 77.0 Å². The largest absolute Gasteiger partial charge is 0.481 e. The number of carboxylic acid groups (broad SMARTS) is 1. The van der Waals surface area contributed by atoms with Crippen molar-refractivity contribution in [1.82, 2.24) is 19.9 Å². The van der Waals surface area contributed by atoms with Gasteiger partial charge in [-0.1, -0.05) is 0 Å². The Morgan fingerprint density at radius 3 is 2.23 bits per heavy atom. The van der Waals surface area contributed by atoms with Crippen LogP contribution in [0.5, 0.6) is 0 Å². The first-order valence-electron chi connectivity index (χ1n) is 15.1. The summed E-state index contributed by atoms with van der Waals surface area (Å²) >= 11 is 1.33. The Morgan fingerprint density at radius 2 is 1.68 bits per heavy atom. The van der Waals surface area contributed by atoms with E-state index in [9.17, 15) is 35.9 Å². The van der Waals surface area contributed by atoms with Crippen LogP contribution in [0.1, 0.15) is 74.4 Å². The molecule has 0 spiro atoms. The summed E-state index contributed by atoms with van der Waals surface area (Å²) in [6, 6.07) is 0.230. The van der Waals surface area contributed by atoms with E-state index in [1.54, 1.807) is 17.8 Å². The number of rotatable bonds is 10. The summed E-state index contributed by atoms with van der Waals surface area (Å²) in [7, 11) is 0. The highest BCUT2D eigenvalue weighted by atomic mass is 32.1. The number of carbonyl (C=O) groups excluding carboxylic acids is 1. The van der Waals surface area contributed by atoms with Crippen LogP contribution in [0.25, 0.3) is 10.7 Å². The number of anilines is 1. The van der Waals surface area contributed by atoms with Crippen LogP contribution in [-0.4, -0.2) is 56.2 Å². The SMILES string of the molecule is CCN(CC1CCC(CC(=O)O)CC1)c1ncc(-c2nccs2)nc1CN1C(=O)O[C@H](c2cc(C(F)(F)F)cc(C(F)(F)F)c2)[C@@H]1C. The van der Waals surface area contributed by atoms with Gasteiger partial charge in [-0.25, -0.2) is 19.7 Å². The fraction of sp³-hybridized carbons (Fsp3) is 0.516. The number of aromatic nitrogens is 3. The molecule has 1 aliphatic carbocycles. The molecule has 2 fully saturated rings. The minimum Gasteiger partial charge on any atom is -0.481 e. The van der Waals surface area contributed by atoms with Crippen LogP contribution < -0.4 is 4.90 Å². The molecule has 16 heteroatoms. The van der Waals surface area contributed by atoms with E-state index >= 15 is 0 Å². The van der Waals surface area contributed by atoms with Crippen molar-refractivity contribution in [3.8, 4) is 10.7 Å². The van der Waals surface area contributed by atoms with Crippen LogP contribution in [0.3, 0.4) is 0 Å². The fourth-order valence-corrected chi connectivity index (χ4v) is 6.84. The number of halogens is 6. The van der Waals surface area contributed by atoms with Crippen molar-refractivity contribution < 1.29 is 45.8 Å². The zero-order valence-corrected chi connectivity index (χ0v) is 26.3. The number of aliphatic carboxylic acids is 1. The molecule has 254 valence electrons. The summed E-state index contributed by atoms with van der Waals surface area (Å²) in [5, 5.41) is 11.5. The lowest BCUT2D eigenvalue weighted by atomic mass is 9.80. The quantitative estimate of drug-likeness (QED) is 0.215. The summed E-state index contributed by atoms with van der Waals surface area (Å²) in [6.45, 7) is 4.38. The Balaban J connectivity index is 1.43. The van der Waals surface area contributed by atoms with Crippen LogP contribution in [-0.2, 0) is 28.4 Å². The van der Waals surface area contributed by atoms with E-state index in [-0.39, 0.29) is 30.9 Å². The first kappa shape index (κ1) is 34.4. The van der Waals surface area contributed by atoms with Crippen molar-refractivity contribution >= 4 is 29.2 Å². The number of amides is 1. The third-order valence-corrected chi connectivity index (χ3v) is 9.51. The second-order valence-corrected chi connectivity index (χ2v) is 12.8. The van der Waals surface area contributed by atoms with E-state index in [0.717, 1.165) is 25.7 Å². The predicted molar refractivity (Wildman–Crippen MR) is 159 cm³/mol. The smallest absolute Gasteiger partial charge is 0.416 e. The van der Waals surface area contributed by atoms with Crippen LogP contribution in [0.15, 0.2) is 36.0 Å². The van der Waals surface area contributed by atoms with Gasteiger partial charge in [0.05, 0.1) is 29.9 Å². The van der Waals surface area contributed by atoms with Gasteiger partial charge in [-0.05, 0) is 75.1 Å². The highest BCUT2D eigenvalue weighted by Crippen LogP contribution is 2.41. The second kappa shape index (κ2) is 13.6. The number of alkyl halides is 6. The Morgan fingerprint density at radius 1 is 1.04 bits per heavy atom. The van der Waals surface area contributed by atoms with E-state index in [1.807, 2.05) is 11.8 Å². The van der Waals surface area contributed by atoms with E-state index in [2.05, 4.69) is 4.98 Å². The maximum absolute atomic E-state index is 13.6. The van der Waals surface area contributed by atoms with Gasteiger partial charge in [0.25, 0.3) is 0 Å². The minimum absolute atomic E-state index is 0.0344. The van der Waals surface area contributed by atoms with Crippen molar-refractivity contribution in [2.24, 2.45) is 11.8 Å². The molecule has 3 heterocycles. The molecule has 5 rings (SSSR count). The molecule has 0 unspecified atom stereocenters. The van der Waals surface area contributed by atoms with Gasteiger partial charge >= 0.3 is 24.4 Å². The zero-order chi connectivity index (χ0) is 34.1. The molecule has 1 aliphatic heterocycles. The summed E-state index contributed by atoms with van der Waals surface area (Å²) in [4.78, 5) is 41.3. The average Bonchev–Trinajstić information content (AvgIpc) is 3.64. The summed E-state index contributed by atoms with van der Waals surface area (Å²) in [5.74, 6) is 0.0560. The second-order valence-electron chi connectivity index (χ2n) is 11.9. The number of thiazole rings is 1. The van der Waals surface area contributed by atoms with Crippen LogP contribution in [0.4, 0.5) is 37.0 Å². The molecule has 1 N–H and O–H groups in total. The molecular formula is C31H33F6N5O4S. The van der Waals surface area contributed by atoms with Crippen LogP contribution in [0.2, 0.25) is 0 Å². The monoisotopic (exact) mass is 685 g/mol. The van der Waals surface area contributed by atoms with Gasteiger partial charge in [0, 0.05) is 31.1 Å². The normalized spacial score (nSPS) is 22.0. The Hall–Kier alpha value is -3.95. The number of hydrogen-bond donors (Lipinski definition) is 1. The van der Waals surface area contributed by atoms with Gasteiger partial charge in [-0.3, -0.25) is 9.69 Å². The Labute approximate surface area is 270 Å².